The molecule has 0 amide bonds. The van der Waals surface area contributed by atoms with Crippen molar-refractivity contribution in [3.8, 4) is 0 Å². The van der Waals surface area contributed by atoms with Crippen molar-refractivity contribution in [2.75, 3.05) is 0 Å². The average molecular weight is 308 g/mol. The molecule has 0 aromatic heterocycles. The van der Waals surface area contributed by atoms with Crippen LogP contribution < -0.4 is 0 Å². The van der Waals surface area contributed by atoms with E-state index < -0.39 is 0 Å². The third kappa shape index (κ3) is 6.40. The van der Waals surface area contributed by atoms with Crippen LogP contribution in [0.2, 0.25) is 0 Å². The smallest absolute Gasteiger partial charge is 0.163 e. The van der Waals surface area contributed by atoms with Crippen LogP contribution in [0.3, 0.4) is 0 Å². The van der Waals surface area contributed by atoms with Gasteiger partial charge in [-0.2, -0.15) is 0 Å². The first kappa shape index (κ1) is 17.5. The number of benzene rings is 2. The van der Waals surface area contributed by atoms with E-state index in [0.717, 1.165) is 18.4 Å². The summed E-state index contributed by atoms with van der Waals surface area (Å²) in [5.74, 6) is 0.726. The molecule has 2 aromatic rings. The van der Waals surface area contributed by atoms with Crippen molar-refractivity contribution in [3.05, 3.63) is 71.8 Å². The standard InChI is InChI=1S/C22H28O/c1-2-3-4-7-14-20(17-19-12-8-5-9-13-19)18-22(23)21-15-10-6-11-16-21/h5-6,8-13,15-16,20H,2-4,7,14,17-18H2,1H3. The van der Waals surface area contributed by atoms with Gasteiger partial charge < -0.3 is 0 Å². The van der Waals surface area contributed by atoms with Gasteiger partial charge in [0.1, 0.15) is 0 Å². The van der Waals surface area contributed by atoms with E-state index in [9.17, 15) is 4.79 Å². The summed E-state index contributed by atoms with van der Waals surface area (Å²) in [6.07, 6.45) is 7.87. The summed E-state index contributed by atoms with van der Waals surface area (Å²) < 4.78 is 0. The highest BCUT2D eigenvalue weighted by Crippen LogP contribution is 2.22. The fourth-order valence-corrected chi connectivity index (χ4v) is 3.09. The second-order valence-corrected chi connectivity index (χ2v) is 6.40. The number of carbonyl (C=O) groups is 1. The maximum Gasteiger partial charge on any atom is 0.163 e. The molecule has 0 radical (unpaired) electrons. The quantitative estimate of drug-likeness (QED) is 0.383. The van der Waals surface area contributed by atoms with Gasteiger partial charge in [-0.05, 0) is 24.3 Å². The van der Waals surface area contributed by atoms with Gasteiger partial charge in [0.05, 0.1) is 0 Å². The first-order chi connectivity index (χ1) is 11.3. The Balaban J connectivity index is 1.96. The van der Waals surface area contributed by atoms with Gasteiger partial charge in [0, 0.05) is 12.0 Å². The molecule has 0 aliphatic rings. The second kappa shape index (κ2) is 9.99. The summed E-state index contributed by atoms with van der Waals surface area (Å²) in [5.41, 5.74) is 2.19. The lowest BCUT2D eigenvalue weighted by molar-refractivity contribution is 0.0958. The van der Waals surface area contributed by atoms with Gasteiger partial charge in [0.15, 0.2) is 5.78 Å². The van der Waals surface area contributed by atoms with Crippen LogP contribution in [0, 0.1) is 5.92 Å². The lowest BCUT2D eigenvalue weighted by Crippen LogP contribution is -2.12. The highest BCUT2D eigenvalue weighted by atomic mass is 16.1. The summed E-state index contributed by atoms with van der Waals surface area (Å²) in [5, 5.41) is 0. The van der Waals surface area contributed by atoms with Gasteiger partial charge in [-0.25, -0.2) is 0 Å². The summed E-state index contributed by atoms with van der Waals surface area (Å²) in [6, 6.07) is 20.3. The van der Waals surface area contributed by atoms with Gasteiger partial charge in [0.2, 0.25) is 0 Å². The van der Waals surface area contributed by atoms with Crippen molar-refractivity contribution in [1.82, 2.24) is 0 Å². The van der Waals surface area contributed by atoms with Crippen molar-refractivity contribution in [2.24, 2.45) is 5.92 Å². The molecule has 0 aliphatic heterocycles. The predicted octanol–water partition coefficient (Wildman–Crippen LogP) is 6.09. The third-order valence-electron chi connectivity index (χ3n) is 4.40. The molecular formula is C22H28O. The maximum absolute atomic E-state index is 12.5. The van der Waals surface area contributed by atoms with Crippen molar-refractivity contribution in [1.29, 1.82) is 0 Å². The van der Waals surface area contributed by atoms with E-state index >= 15 is 0 Å². The number of rotatable bonds is 10. The van der Waals surface area contributed by atoms with Crippen molar-refractivity contribution in [3.63, 3.8) is 0 Å². The van der Waals surface area contributed by atoms with Crippen LogP contribution in [-0.2, 0) is 6.42 Å². The summed E-state index contributed by atoms with van der Waals surface area (Å²) >= 11 is 0. The largest absolute Gasteiger partial charge is 0.294 e. The molecule has 0 saturated heterocycles. The first-order valence-corrected chi connectivity index (χ1v) is 8.91. The van der Waals surface area contributed by atoms with Crippen LogP contribution in [0.1, 0.15) is 61.4 Å². The molecule has 0 aliphatic carbocycles. The monoisotopic (exact) mass is 308 g/mol. The minimum atomic E-state index is 0.280. The van der Waals surface area contributed by atoms with Crippen LogP contribution in [0.4, 0.5) is 0 Å². The number of carbonyl (C=O) groups excluding carboxylic acids is 1. The van der Waals surface area contributed by atoms with E-state index in [4.69, 9.17) is 0 Å². The van der Waals surface area contributed by atoms with Gasteiger partial charge in [0.25, 0.3) is 0 Å². The van der Waals surface area contributed by atoms with Crippen LogP contribution in [0.15, 0.2) is 60.7 Å². The fourth-order valence-electron chi connectivity index (χ4n) is 3.09. The molecular weight excluding hydrogens is 280 g/mol. The Morgan fingerprint density at radius 1 is 0.870 bits per heavy atom. The minimum Gasteiger partial charge on any atom is -0.294 e. The number of unbranched alkanes of at least 4 members (excludes halogenated alkanes) is 3. The van der Waals surface area contributed by atoms with Crippen LogP contribution in [0.5, 0.6) is 0 Å². The Kier molecular flexibility index (Phi) is 7.59. The molecule has 1 atom stereocenters. The van der Waals surface area contributed by atoms with E-state index in [1.807, 2.05) is 30.3 Å². The summed E-state index contributed by atoms with van der Waals surface area (Å²) in [6.45, 7) is 2.24. The SMILES string of the molecule is CCCCCCC(CC(=O)c1ccccc1)Cc1ccccc1. The van der Waals surface area contributed by atoms with E-state index in [-0.39, 0.29) is 5.78 Å². The molecule has 23 heavy (non-hydrogen) atoms. The van der Waals surface area contributed by atoms with Crippen LogP contribution in [-0.4, -0.2) is 5.78 Å². The number of hydrogen-bond donors (Lipinski definition) is 0. The molecule has 0 spiro atoms. The summed E-state index contributed by atoms with van der Waals surface area (Å²) in [7, 11) is 0. The molecule has 0 heterocycles. The predicted molar refractivity (Wildman–Crippen MR) is 97.8 cm³/mol. The minimum absolute atomic E-state index is 0.280. The third-order valence-corrected chi connectivity index (χ3v) is 4.40. The van der Waals surface area contributed by atoms with Crippen molar-refractivity contribution >= 4 is 5.78 Å². The van der Waals surface area contributed by atoms with Crippen LogP contribution >= 0.6 is 0 Å². The normalized spacial score (nSPS) is 12.0. The van der Waals surface area contributed by atoms with Crippen molar-refractivity contribution in [2.45, 2.75) is 51.9 Å². The van der Waals surface area contributed by atoms with Gasteiger partial charge in [-0.1, -0.05) is 93.3 Å². The van der Waals surface area contributed by atoms with Gasteiger partial charge in [-0.3, -0.25) is 4.79 Å². The van der Waals surface area contributed by atoms with Gasteiger partial charge in [-0.15, -0.1) is 0 Å². The molecule has 2 rings (SSSR count). The Morgan fingerprint density at radius 3 is 2.17 bits per heavy atom. The Labute approximate surface area is 140 Å². The van der Waals surface area contributed by atoms with Crippen molar-refractivity contribution < 1.29 is 4.79 Å². The van der Waals surface area contributed by atoms with E-state index in [1.165, 1.54) is 31.2 Å². The molecule has 0 bridgehead atoms. The zero-order chi connectivity index (χ0) is 16.3. The topological polar surface area (TPSA) is 17.1 Å². The number of Topliss-reactive ketones (excluding diaryl/α,β-unsaturated/α-hetero) is 1. The Hall–Kier alpha value is -1.89. The Bertz CT molecular complexity index is 559. The molecule has 122 valence electrons. The van der Waals surface area contributed by atoms with E-state index in [1.54, 1.807) is 0 Å². The summed E-state index contributed by atoms with van der Waals surface area (Å²) in [4.78, 5) is 12.5. The lowest BCUT2D eigenvalue weighted by atomic mass is 9.88. The molecule has 0 N–H and O–H groups in total. The molecule has 1 unspecified atom stereocenters. The average Bonchev–Trinajstić information content (AvgIpc) is 2.60. The molecule has 0 fully saturated rings. The molecule has 0 saturated carbocycles. The Morgan fingerprint density at radius 2 is 1.52 bits per heavy atom. The molecule has 1 nitrogen and oxygen atoms in total. The first-order valence-electron chi connectivity index (χ1n) is 8.91. The zero-order valence-electron chi connectivity index (χ0n) is 14.2. The van der Waals surface area contributed by atoms with Gasteiger partial charge >= 0.3 is 0 Å². The molecule has 1 heteroatoms. The van der Waals surface area contributed by atoms with E-state index in [2.05, 4.69) is 37.3 Å². The molecule has 2 aromatic carbocycles. The number of hydrogen-bond acceptors (Lipinski definition) is 1. The van der Waals surface area contributed by atoms with E-state index in [0.29, 0.717) is 12.3 Å². The van der Waals surface area contributed by atoms with Crippen LogP contribution in [0.25, 0.3) is 0 Å². The highest BCUT2D eigenvalue weighted by molar-refractivity contribution is 5.96. The highest BCUT2D eigenvalue weighted by Gasteiger charge is 2.15. The lowest BCUT2D eigenvalue weighted by Gasteiger charge is -2.16. The zero-order valence-corrected chi connectivity index (χ0v) is 14.2. The number of ketones is 1. The fraction of sp³-hybridized carbons (Fsp3) is 0.409. The maximum atomic E-state index is 12.5. The second-order valence-electron chi connectivity index (χ2n) is 6.40.